The molecule has 0 aromatic carbocycles. The van der Waals surface area contributed by atoms with Gasteiger partial charge in [0.05, 0.1) is 5.84 Å². The number of nitrogens with zero attached hydrogens (tertiary/aromatic N) is 2. The third-order valence-electron chi connectivity index (χ3n) is 1.56. The molecule has 3 heteroatoms. The second-order valence-corrected chi connectivity index (χ2v) is 2.65. The van der Waals surface area contributed by atoms with E-state index >= 15 is 0 Å². The average Bonchev–Trinajstić information content (AvgIpc) is 2.04. The molecule has 12 heavy (non-hydrogen) atoms. The molecule has 1 rings (SSSR count). The van der Waals surface area contributed by atoms with Gasteiger partial charge in [0.15, 0.2) is 0 Å². The molecule has 3 nitrogen and oxygen atoms in total. The van der Waals surface area contributed by atoms with Crippen molar-refractivity contribution in [1.82, 2.24) is 4.98 Å². The van der Waals surface area contributed by atoms with Gasteiger partial charge in [0, 0.05) is 13.2 Å². The smallest absolute Gasteiger partial charge is 0.131 e. The normalized spacial score (nSPS) is 11.4. The van der Waals surface area contributed by atoms with Gasteiger partial charge in [0.25, 0.3) is 0 Å². The van der Waals surface area contributed by atoms with Crippen LogP contribution in [-0.4, -0.2) is 17.9 Å². The molecule has 0 bridgehead atoms. The first-order valence-electron chi connectivity index (χ1n) is 3.85. The molecule has 1 aromatic heterocycles. The number of pyridine rings is 1. The van der Waals surface area contributed by atoms with Gasteiger partial charge in [0.2, 0.25) is 0 Å². The van der Waals surface area contributed by atoms with Crippen molar-refractivity contribution in [1.29, 1.82) is 0 Å². The first-order chi connectivity index (χ1) is 5.72. The standard InChI is InChI=1S/C9H13N3/c1-7-4-5-11-9(6-7)12-8(2)10-3/h4-6H,1-3H3,(H,10,11,12). The van der Waals surface area contributed by atoms with E-state index in [4.69, 9.17) is 0 Å². The molecular formula is C9H13N3. The summed E-state index contributed by atoms with van der Waals surface area (Å²) >= 11 is 0. The first kappa shape index (κ1) is 8.71. The Balaban J connectivity index is 2.76. The lowest BCUT2D eigenvalue weighted by atomic mass is 10.3. The number of rotatable bonds is 1. The molecule has 0 fully saturated rings. The van der Waals surface area contributed by atoms with E-state index < -0.39 is 0 Å². The van der Waals surface area contributed by atoms with Crippen molar-refractivity contribution in [3.05, 3.63) is 23.9 Å². The number of aryl methyl sites for hydroxylation is 1. The second-order valence-electron chi connectivity index (χ2n) is 2.65. The molecule has 0 unspecified atom stereocenters. The largest absolute Gasteiger partial charge is 0.329 e. The summed E-state index contributed by atoms with van der Waals surface area (Å²) in [5.41, 5.74) is 1.19. The zero-order valence-corrected chi connectivity index (χ0v) is 7.63. The Bertz CT molecular complexity index is 292. The van der Waals surface area contributed by atoms with Crippen LogP contribution in [0.1, 0.15) is 12.5 Å². The molecule has 0 saturated heterocycles. The fourth-order valence-electron chi connectivity index (χ4n) is 0.846. The van der Waals surface area contributed by atoms with Gasteiger partial charge in [-0.15, -0.1) is 0 Å². The highest BCUT2D eigenvalue weighted by atomic mass is 15.0. The van der Waals surface area contributed by atoms with E-state index in [0.29, 0.717) is 0 Å². The maximum Gasteiger partial charge on any atom is 0.131 e. The first-order valence-corrected chi connectivity index (χ1v) is 3.85. The van der Waals surface area contributed by atoms with Crippen LogP contribution < -0.4 is 5.32 Å². The lowest BCUT2D eigenvalue weighted by molar-refractivity contribution is 1.27. The summed E-state index contributed by atoms with van der Waals surface area (Å²) in [7, 11) is 1.75. The molecule has 1 N–H and O–H groups in total. The van der Waals surface area contributed by atoms with Gasteiger partial charge in [-0.1, -0.05) is 0 Å². The van der Waals surface area contributed by atoms with Crippen LogP contribution in [0.3, 0.4) is 0 Å². The van der Waals surface area contributed by atoms with Crippen LogP contribution in [-0.2, 0) is 0 Å². The summed E-state index contributed by atoms with van der Waals surface area (Å²) in [5.74, 6) is 1.71. The molecule has 0 aliphatic carbocycles. The molecule has 0 amide bonds. The van der Waals surface area contributed by atoms with Crippen LogP contribution in [0.15, 0.2) is 23.3 Å². The van der Waals surface area contributed by atoms with Crippen LogP contribution in [0.5, 0.6) is 0 Å². The Labute approximate surface area is 72.6 Å². The molecule has 0 saturated carbocycles. The topological polar surface area (TPSA) is 37.3 Å². The Morgan fingerprint density at radius 2 is 2.33 bits per heavy atom. The third-order valence-corrected chi connectivity index (χ3v) is 1.56. The quantitative estimate of drug-likeness (QED) is 0.506. The zero-order chi connectivity index (χ0) is 8.97. The van der Waals surface area contributed by atoms with Crippen LogP contribution >= 0.6 is 0 Å². The number of aliphatic imine (C=N–C) groups is 1. The van der Waals surface area contributed by atoms with Crippen molar-refractivity contribution in [2.24, 2.45) is 4.99 Å². The van der Waals surface area contributed by atoms with Gasteiger partial charge in [-0.05, 0) is 31.5 Å². The summed E-state index contributed by atoms with van der Waals surface area (Å²) < 4.78 is 0. The molecule has 0 atom stereocenters. The SMILES string of the molecule is CN=C(C)Nc1cc(C)ccn1. The molecule has 1 heterocycles. The zero-order valence-electron chi connectivity index (χ0n) is 7.63. The molecule has 1 aromatic rings. The Morgan fingerprint density at radius 1 is 1.58 bits per heavy atom. The van der Waals surface area contributed by atoms with Crippen molar-refractivity contribution < 1.29 is 0 Å². The minimum Gasteiger partial charge on any atom is -0.329 e. The summed E-state index contributed by atoms with van der Waals surface area (Å²) in [4.78, 5) is 8.11. The molecule has 0 aliphatic heterocycles. The lowest BCUT2D eigenvalue weighted by Gasteiger charge is -2.03. The average molecular weight is 163 g/mol. The van der Waals surface area contributed by atoms with Crippen LogP contribution in [0, 0.1) is 6.92 Å². The van der Waals surface area contributed by atoms with Crippen LogP contribution in [0.2, 0.25) is 0 Å². The highest BCUT2D eigenvalue weighted by Crippen LogP contribution is 2.04. The van der Waals surface area contributed by atoms with E-state index in [1.54, 1.807) is 13.2 Å². The number of nitrogens with one attached hydrogen (secondary N) is 1. The number of hydrogen-bond acceptors (Lipinski definition) is 2. The van der Waals surface area contributed by atoms with Gasteiger partial charge < -0.3 is 5.32 Å². The Morgan fingerprint density at radius 3 is 2.92 bits per heavy atom. The predicted octanol–water partition coefficient (Wildman–Crippen LogP) is 1.85. The van der Waals surface area contributed by atoms with E-state index in [1.165, 1.54) is 5.56 Å². The van der Waals surface area contributed by atoms with Crippen molar-refractivity contribution in [3.63, 3.8) is 0 Å². The monoisotopic (exact) mass is 163 g/mol. The summed E-state index contributed by atoms with van der Waals surface area (Å²) in [6.07, 6.45) is 1.78. The van der Waals surface area contributed by atoms with Gasteiger partial charge in [-0.25, -0.2) is 4.98 Å². The number of amidine groups is 1. The minimum atomic E-state index is 0.845. The fourth-order valence-corrected chi connectivity index (χ4v) is 0.846. The number of hydrogen-bond donors (Lipinski definition) is 1. The van der Waals surface area contributed by atoms with Crippen molar-refractivity contribution in [2.45, 2.75) is 13.8 Å². The molecule has 0 spiro atoms. The predicted molar refractivity (Wildman–Crippen MR) is 51.6 cm³/mol. The maximum absolute atomic E-state index is 4.14. The van der Waals surface area contributed by atoms with Gasteiger partial charge >= 0.3 is 0 Å². The van der Waals surface area contributed by atoms with Crippen LogP contribution in [0.25, 0.3) is 0 Å². The van der Waals surface area contributed by atoms with E-state index in [1.807, 2.05) is 26.0 Å². The summed E-state index contributed by atoms with van der Waals surface area (Å²) in [6, 6.07) is 3.94. The van der Waals surface area contributed by atoms with Crippen molar-refractivity contribution in [2.75, 3.05) is 12.4 Å². The van der Waals surface area contributed by atoms with E-state index in [2.05, 4.69) is 15.3 Å². The number of aromatic nitrogens is 1. The van der Waals surface area contributed by atoms with Gasteiger partial charge in [-0.2, -0.15) is 0 Å². The van der Waals surface area contributed by atoms with Crippen molar-refractivity contribution >= 4 is 11.7 Å². The Kier molecular flexibility index (Phi) is 2.80. The molecule has 0 radical (unpaired) electrons. The van der Waals surface area contributed by atoms with Gasteiger partial charge in [-0.3, -0.25) is 4.99 Å². The highest BCUT2D eigenvalue weighted by Gasteiger charge is 1.93. The van der Waals surface area contributed by atoms with Gasteiger partial charge in [0.1, 0.15) is 5.82 Å². The summed E-state index contributed by atoms with van der Waals surface area (Å²) in [6.45, 7) is 3.94. The van der Waals surface area contributed by atoms with E-state index in [9.17, 15) is 0 Å². The highest BCUT2D eigenvalue weighted by molar-refractivity contribution is 5.92. The fraction of sp³-hybridized carbons (Fsp3) is 0.333. The van der Waals surface area contributed by atoms with Crippen molar-refractivity contribution in [3.8, 4) is 0 Å². The Hall–Kier alpha value is -1.38. The van der Waals surface area contributed by atoms with E-state index in [-0.39, 0.29) is 0 Å². The van der Waals surface area contributed by atoms with E-state index in [0.717, 1.165) is 11.7 Å². The number of anilines is 1. The molecular weight excluding hydrogens is 150 g/mol. The molecule has 64 valence electrons. The third kappa shape index (κ3) is 2.34. The lowest BCUT2D eigenvalue weighted by Crippen LogP contribution is -2.07. The minimum absolute atomic E-state index is 0.845. The second kappa shape index (κ2) is 3.85. The summed E-state index contributed by atoms with van der Waals surface area (Å²) in [5, 5.41) is 3.07. The maximum atomic E-state index is 4.14. The molecule has 0 aliphatic rings. The van der Waals surface area contributed by atoms with Crippen LogP contribution in [0.4, 0.5) is 5.82 Å².